The Morgan fingerprint density at radius 1 is 1.08 bits per heavy atom. The van der Waals surface area contributed by atoms with Crippen LogP contribution in [0.2, 0.25) is 15.1 Å². The van der Waals surface area contributed by atoms with Crippen LogP contribution in [-0.4, -0.2) is 11.2 Å². The maximum atomic E-state index is 13.6. The lowest BCUT2D eigenvalue weighted by molar-refractivity contribution is 0.629. The van der Waals surface area contributed by atoms with Crippen molar-refractivity contribution in [3.63, 3.8) is 0 Å². The smallest absolute Gasteiger partial charge is 0.203 e. The van der Waals surface area contributed by atoms with Crippen LogP contribution in [0.15, 0.2) is 47.7 Å². The van der Waals surface area contributed by atoms with Crippen molar-refractivity contribution in [2.24, 2.45) is 5.10 Å². The Kier molecular flexibility index (Phi) is 5.36. The summed E-state index contributed by atoms with van der Waals surface area (Å²) in [5.41, 5.74) is 4.25. The third-order valence-electron chi connectivity index (χ3n) is 3.02. The summed E-state index contributed by atoms with van der Waals surface area (Å²) in [6, 6.07) is 9.91. The summed E-state index contributed by atoms with van der Waals surface area (Å²) in [5, 5.41) is 5.67. The largest absolute Gasteiger partial charge is 0.253 e. The standard InChI is InChI=1S/C16H9Cl3FN3S/c17-10-3-1-9(2-4-10)7-22-23-16-21-8-15(24-16)11-5-14(20)13(19)6-12(11)18/h1-8H,(H,21,23)/b22-7+. The second-order valence-corrected chi connectivity index (χ2v) is 6.98. The maximum Gasteiger partial charge on any atom is 0.203 e. The first kappa shape index (κ1) is 17.2. The fourth-order valence-corrected chi connectivity index (χ4v) is 3.34. The monoisotopic (exact) mass is 399 g/mol. The van der Waals surface area contributed by atoms with Gasteiger partial charge in [0.05, 0.1) is 21.1 Å². The van der Waals surface area contributed by atoms with Gasteiger partial charge in [0, 0.05) is 16.8 Å². The number of hydrogen-bond donors (Lipinski definition) is 1. The highest BCUT2D eigenvalue weighted by atomic mass is 35.5. The molecule has 3 aromatic rings. The van der Waals surface area contributed by atoms with Crippen LogP contribution in [0, 0.1) is 5.82 Å². The van der Waals surface area contributed by atoms with Gasteiger partial charge in [-0.1, -0.05) is 58.3 Å². The van der Waals surface area contributed by atoms with Crippen molar-refractivity contribution in [3.05, 3.63) is 69.0 Å². The van der Waals surface area contributed by atoms with Crippen molar-refractivity contribution in [2.45, 2.75) is 0 Å². The van der Waals surface area contributed by atoms with Crippen molar-refractivity contribution in [1.82, 2.24) is 4.98 Å². The van der Waals surface area contributed by atoms with E-state index in [-0.39, 0.29) is 5.02 Å². The van der Waals surface area contributed by atoms with E-state index in [9.17, 15) is 4.39 Å². The predicted octanol–water partition coefficient (Wildman–Crippen LogP) is 6.36. The Bertz CT molecular complexity index is 894. The average molecular weight is 401 g/mol. The summed E-state index contributed by atoms with van der Waals surface area (Å²) >= 11 is 18.9. The number of hydrazone groups is 1. The molecule has 2 aromatic carbocycles. The molecule has 0 atom stereocenters. The van der Waals surface area contributed by atoms with Crippen LogP contribution in [0.5, 0.6) is 0 Å². The van der Waals surface area contributed by atoms with Crippen LogP contribution in [-0.2, 0) is 0 Å². The van der Waals surface area contributed by atoms with Crippen molar-refractivity contribution in [1.29, 1.82) is 0 Å². The van der Waals surface area contributed by atoms with Crippen molar-refractivity contribution >= 4 is 57.5 Å². The number of halogens is 4. The molecule has 3 rings (SSSR count). The van der Waals surface area contributed by atoms with E-state index < -0.39 is 5.82 Å². The zero-order valence-electron chi connectivity index (χ0n) is 11.9. The number of aromatic nitrogens is 1. The number of nitrogens with one attached hydrogen (secondary N) is 1. The Morgan fingerprint density at radius 3 is 2.58 bits per heavy atom. The Morgan fingerprint density at radius 2 is 1.83 bits per heavy atom. The average Bonchev–Trinajstić information content (AvgIpc) is 3.01. The summed E-state index contributed by atoms with van der Waals surface area (Å²) in [4.78, 5) is 4.90. The maximum absolute atomic E-state index is 13.6. The third kappa shape index (κ3) is 4.05. The minimum Gasteiger partial charge on any atom is -0.253 e. The van der Waals surface area contributed by atoms with Gasteiger partial charge in [0.2, 0.25) is 5.13 Å². The molecule has 0 aliphatic heterocycles. The van der Waals surface area contributed by atoms with Gasteiger partial charge in [-0.2, -0.15) is 5.10 Å². The first-order valence-electron chi connectivity index (χ1n) is 6.68. The van der Waals surface area contributed by atoms with E-state index in [0.29, 0.717) is 25.6 Å². The van der Waals surface area contributed by atoms with Gasteiger partial charge >= 0.3 is 0 Å². The number of thiazole rings is 1. The Balaban J connectivity index is 1.74. The molecule has 0 amide bonds. The molecule has 0 unspecified atom stereocenters. The predicted molar refractivity (Wildman–Crippen MR) is 100 cm³/mol. The molecule has 24 heavy (non-hydrogen) atoms. The van der Waals surface area contributed by atoms with Gasteiger partial charge in [0.25, 0.3) is 0 Å². The minimum atomic E-state index is -0.528. The van der Waals surface area contributed by atoms with Gasteiger partial charge in [-0.05, 0) is 29.8 Å². The summed E-state index contributed by atoms with van der Waals surface area (Å²) in [6.45, 7) is 0. The molecule has 0 spiro atoms. The Labute approximate surface area is 156 Å². The normalized spacial score (nSPS) is 11.2. The summed E-state index contributed by atoms with van der Waals surface area (Å²) in [6.07, 6.45) is 3.24. The fraction of sp³-hybridized carbons (Fsp3) is 0. The molecule has 1 N–H and O–H groups in total. The SMILES string of the molecule is Fc1cc(-c2cnc(N/N=C/c3ccc(Cl)cc3)s2)c(Cl)cc1Cl. The third-order valence-corrected chi connectivity index (χ3v) is 4.81. The zero-order chi connectivity index (χ0) is 17.1. The van der Waals surface area contributed by atoms with Crippen LogP contribution in [0.25, 0.3) is 10.4 Å². The summed E-state index contributed by atoms with van der Waals surface area (Å²) < 4.78 is 13.6. The van der Waals surface area contributed by atoms with Crippen LogP contribution in [0.1, 0.15) is 5.56 Å². The van der Waals surface area contributed by atoms with E-state index in [1.54, 1.807) is 24.5 Å². The zero-order valence-corrected chi connectivity index (χ0v) is 15.0. The number of anilines is 1. The highest BCUT2D eigenvalue weighted by Crippen LogP contribution is 2.36. The quantitative estimate of drug-likeness (QED) is 0.314. The minimum absolute atomic E-state index is 0.0146. The van der Waals surface area contributed by atoms with Crippen LogP contribution < -0.4 is 5.43 Å². The molecule has 1 heterocycles. The molecule has 0 aliphatic carbocycles. The van der Waals surface area contributed by atoms with Gasteiger partial charge < -0.3 is 0 Å². The lowest BCUT2D eigenvalue weighted by Crippen LogP contribution is -1.89. The van der Waals surface area contributed by atoms with Gasteiger partial charge in [-0.15, -0.1) is 0 Å². The highest BCUT2D eigenvalue weighted by Gasteiger charge is 2.12. The fourth-order valence-electron chi connectivity index (χ4n) is 1.87. The second-order valence-electron chi connectivity index (χ2n) is 4.70. The molecule has 0 saturated heterocycles. The molecule has 1 aromatic heterocycles. The van der Waals surface area contributed by atoms with Crippen LogP contribution in [0.4, 0.5) is 9.52 Å². The molecular formula is C16H9Cl3FN3S. The van der Waals surface area contributed by atoms with Gasteiger partial charge in [-0.25, -0.2) is 9.37 Å². The summed E-state index contributed by atoms with van der Waals surface area (Å²) in [5.74, 6) is -0.528. The topological polar surface area (TPSA) is 37.3 Å². The lowest BCUT2D eigenvalue weighted by atomic mass is 10.2. The van der Waals surface area contributed by atoms with E-state index in [0.717, 1.165) is 5.56 Å². The van der Waals surface area contributed by atoms with Crippen LogP contribution >= 0.6 is 46.1 Å². The molecule has 0 fully saturated rings. The van der Waals surface area contributed by atoms with Crippen molar-refractivity contribution in [2.75, 3.05) is 5.43 Å². The van der Waals surface area contributed by atoms with Gasteiger partial charge in [0.15, 0.2) is 0 Å². The molecule has 0 saturated carbocycles. The summed E-state index contributed by atoms with van der Waals surface area (Å²) in [7, 11) is 0. The molecule has 0 radical (unpaired) electrons. The molecule has 0 bridgehead atoms. The van der Waals surface area contributed by atoms with Crippen molar-refractivity contribution in [3.8, 4) is 10.4 Å². The van der Waals surface area contributed by atoms with E-state index in [1.165, 1.54) is 23.5 Å². The second kappa shape index (κ2) is 7.49. The number of benzene rings is 2. The molecule has 8 heteroatoms. The van der Waals surface area contributed by atoms with Gasteiger partial charge in [-0.3, -0.25) is 5.43 Å². The van der Waals surface area contributed by atoms with Crippen molar-refractivity contribution < 1.29 is 4.39 Å². The number of rotatable bonds is 4. The van der Waals surface area contributed by atoms with E-state index >= 15 is 0 Å². The van der Waals surface area contributed by atoms with Crippen LogP contribution in [0.3, 0.4) is 0 Å². The molecule has 3 nitrogen and oxygen atoms in total. The first-order valence-corrected chi connectivity index (χ1v) is 8.63. The van der Waals surface area contributed by atoms with E-state index in [4.69, 9.17) is 34.8 Å². The number of nitrogens with zero attached hydrogens (tertiary/aromatic N) is 2. The first-order chi connectivity index (χ1) is 11.5. The Hall–Kier alpha value is -1.66. The molecule has 122 valence electrons. The molecular weight excluding hydrogens is 392 g/mol. The lowest BCUT2D eigenvalue weighted by Gasteiger charge is -2.02. The highest BCUT2D eigenvalue weighted by molar-refractivity contribution is 7.18. The molecule has 0 aliphatic rings. The van der Waals surface area contributed by atoms with Gasteiger partial charge in [0.1, 0.15) is 5.82 Å². The van der Waals surface area contributed by atoms with E-state index in [1.807, 2.05) is 12.1 Å². The van der Waals surface area contributed by atoms with E-state index in [2.05, 4.69) is 15.5 Å². The number of hydrogen-bond acceptors (Lipinski definition) is 4.